The van der Waals surface area contributed by atoms with Gasteiger partial charge in [0.2, 0.25) is 0 Å². The van der Waals surface area contributed by atoms with E-state index in [4.69, 9.17) is 0 Å². The zero-order chi connectivity index (χ0) is 31.3. The van der Waals surface area contributed by atoms with E-state index < -0.39 is 0 Å². The van der Waals surface area contributed by atoms with E-state index in [0.29, 0.717) is 0 Å². The van der Waals surface area contributed by atoms with Crippen LogP contribution in [-0.4, -0.2) is 9.13 Å². The molecule has 0 bridgehead atoms. The molecule has 0 saturated heterocycles. The number of fused-ring (bicyclic) bond motifs is 9. The van der Waals surface area contributed by atoms with Crippen LogP contribution in [0, 0.1) is 0 Å². The van der Waals surface area contributed by atoms with Crippen LogP contribution in [-0.2, 0) is 0 Å². The highest BCUT2D eigenvalue weighted by molar-refractivity contribution is 6.15. The highest BCUT2D eigenvalue weighted by atomic mass is 15.1. The molecule has 10 aromatic rings. The molecule has 1 aliphatic carbocycles. The van der Waals surface area contributed by atoms with Crippen LogP contribution in [0.2, 0.25) is 0 Å². The molecule has 0 atom stereocenters. The SMILES string of the molecule is c1ccc(-n2c3ccccc3c3cc(-c4ccc5c(c4)c4ccccc4n5-c4cc5c6c(cccc6[nH+]4)-c4ccccc4-5)ccc32)cc1. The van der Waals surface area contributed by atoms with Gasteiger partial charge in [-0.05, 0) is 88.5 Å². The molecule has 3 heterocycles. The first-order valence-electron chi connectivity index (χ1n) is 16.5. The zero-order valence-corrected chi connectivity index (χ0v) is 26.0. The van der Waals surface area contributed by atoms with Crippen LogP contribution in [0.15, 0.2) is 164 Å². The molecule has 0 aliphatic heterocycles. The molecule has 222 valence electrons. The second-order valence-corrected chi connectivity index (χ2v) is 12.8. The average molecular weight is 611 g/mol. The van der Waals surface area contributed by atoms with E-state index >= 15 is 0 Å². The molecule has 0 radical (unpaired) electrons. The molecule has 11 rings (SSSR count). The summed E-state index contributed by atoms with van der Waals surface area (Å²) in [5.41, 5.74) is 14.8. The molecular weight excluding hydrogens is 583 g/mol. The minimum atomic E-state index is 1.07. The number of hydrogen-bond donors (Lipinski definition) is 0. The van der Waals surface area contributed by atoms with Crippen LogP contribution in [0.1, 0.15) is 0 Å². The van der Waals surface area contributed by atoms with Crippen molar-refractivity contribution in [1.29, 1.82) is 0 Å². The number of pyridine rings is 1. The Balaban J connectivity index is 1.12. The summed E-state index contributed by atoms with van der Waals surface area (Å²) in [6, 6.07) is 59.7. The predicted octanol–water partition coefficient (Wildman–Crippen LogP) is 11.2. The average Bonchev–Trinajstić information content (AvgIpc) is 3.78. The standard InChI is InChI=1S/C45H27N3/c1-2-11-30(12-3-1)47-40-19-8-6-15-33(40)36-25-28(21-23-42(36)47)29-22-24-43-37(26-29)34-16-7-9-20-41(34)48(43)44-27-38-32-14-5-4-13-31(32)35-17-10-18-39(46-44)45(35)38/h1-27H/p+1. The fourth-order valence-electron chi connectivity index (χ4n) is 8.26. The van der Waals surface area contributed by atoms with Gasteiger partial charge in [-0.2, -0.15) is 4.57 Å². The van der Waals surface area contributed by atoms with E-state index in [-0.39, 0.29) is 0 Å². The smallest absolute Gasteiger partial charge is 0.285 e. The van der Waals surface area contributed by atoms with Crippen LogP contribution in [0.25, 0.3) is 99.4 Å². The van der Waals surface area contributed by atoms with Crippen molar-refractivity contribution in [3.8, 4) is 44.9 Å². The maximum absolute atomic E-state index is 3.83. The minimum absolute atomic E-state index is 1.07. The summed E-state index contributed by atoms with van der Waals surface area (Å²) in [7, 11) is 0. The summed E-state index contributed by atoms with van der Waals surface area (Å²) >= 11 is 0. The Morgan fingerprint density at radius 2 is 0.896 bits per heavy atom. The Morgan fingerprint density at radius 1 is 0.354 bits per heavy atom. The fraction of sp³-hybridized carbons (Fsp3) is 0. The lowest BCUT2D eigenvalue weighted by molar-refractivity contribution is -0.339. The molecule has 0 amide bonds. The molecular formula is C45H28N3+. The number of hydrogen-bond acceptors (Lipinski definition) is 0. The summed E-state index contributed by atoms with van der Waals surface area (Å²) in [6.07, 6.45) is 0. The van der Waals surface area contributed by atoms with Gasteiger partial charge in [-0.15, -0.1) is 0 Å². The number of aromatic amines is 1. The lowest BCUT2D eigenvalue weighted by Crippen LogP contribution is -2.14. The van der Waals surface area contributed by atoms with Gasteiger partial charge in [0.05, 0.1) is 11.0 Å². The predicted molar refractivity (Wildman–Crippen MR) is 199 cm³/mol. The Bertz CT molecular complexity index is 2940. The monoisotopic (exact) mass is 610 g/mol. The van der Waals surface area contributed by atoms with Crippen molar-refractivity contribution in [2.24, 2.45) is 0 Å². The normalized spacial score (nSPS) is 12.2. The number of aromatic nitrogens is 3. The van der Waals surface area contributed by atoms with Gasteiger partial charge in [0, 0.05) is 44.2 Å². The van der Waals surface area contributed by atoms with E-state index in [1.54, 1.807) is 0 Å². The third kappa shape index (κ3) is 3.45. The Kier molecular flexibility index (Phi) is 5.11. The highest BCUT2D eigenvalue weighted by Crippen LogP contribution is 2.47. The van der Waals surface area contributed by atoms with Gasteiger partial charge in [-0.25, -0.2) is 4.98 Å². The van der Waals surface area contributed by atoms with Crippen molar-refractivity contribution >= 4 is 54.5 Å². The quantitative estimate of drug-likeness (QED) is 0.190. The summed E-state index contributed by atoms with van der Waals surface area (Å²) in [4.78, 5) is 3.83. The van der Waals surface area contributed by atoms with Crippen molar-refractivity contribution in [3.05, 3.63) is 164 Å². The molecule has 3 aromatic heterocycles. The Morgan fingerprint density at radius 3 is 1.60 bits per heavy atom. The Hall–Kier alpha value is -6.45. The third-order valence-corrected chi connectivity index (χ3v) is 10.3. The van der Waals surface area contributed by atoms with E-state index in [9.17, 15) is 0 Å². The molecule has 0 unspecified atom stereocenters. The van der Waals surface area contributed by atoms with E-state index in [1.165, 1.54) is 88.1 Å². The van der Waals surface area contributed by atoms with Crippen molar-refractivity contribution in [3.63, 3.8) is 0 Å². The van der Waals surface area contributed by atoms with Gasteiger partial charge < -0.3 is 4.57 Å². The lowest BCUT2D eigenvalue weighted by Gasteiger charge is -2.08. The molecule has 1 aliphatic rings. The van der Waals surface area contributed by atoms with Crippen LogP contribution in [0.3, 0.4) is 0 Å². The van der Waals surface area contributed by atoms with E-state index in [1.807, 2.05) is 0 Å². The molecule has 3 nitrogen and oxygen atoms in total. The van der Waals surface area contributed by atoms with Crippen molar-refractivity contribution in [2.75, 3.05) is 0 Å². The van der Waals surface area contributed by atoms with Gasteiger partial charge in [0.25, 0.3) is 5.82 Å². The second kappa shape index (κ2) is 9.54. The molecule has 7 aromatic carbocycles. The Labute approximate surface area is 276 Å². The number of para-hydroxylation sites is 3. The lowest BCUT2D eigenvalue weighted by atomic mass is 10.0. The van der Waals surface area contributed by atoms with Gasteiger partial charge in [-0.3, -0.25) is 0 Å². The number of nitrogens with zero attached hydrogens (tertiary/aromatic N) is 2. The molecule has 0 fully saturated rings. The van der Waals surface area contributed by atoms with Gasteiger partial charge in [0.15, 0.2) is 0 Å². The van der Waals surface area contributed by atoms with E-state index in [2.05, 4.69) is 178 Å². The highest BCUT2D eigenvalue weighted by Gasteiger charge is 2.27. The molecule has 3 heteroatoms. The fourth-order valence-corrected chi connectivity index (χ4v) is 8.26. The first-order chi connectivity index (χ1) is 23.8. The molecule has 48 heavy (non-hydrogen) atoms. The van der Waals surface area contributed by atoms with Crippen LogP contribution in [0.5, 0.6) is 0 Å². The number of rotatable bonds is 3. The van der Waals surface area contributed by atoms with Gasteiger partial charge in [-0.1, -0.05) is 97.1 Å². The van der Waals surface area contributed by atoms with Crippen molar-refractivity contribution in [1.82, 2.24) is 9.13 Å². The largest absolute Gasteiger partial charge is 0.309 e. The molecule has 0 spiro atoms. The second-order valence-electron chi connectivity index (χ2n) is 12.8. The van der Waals surface area contributed by atoms with Crippen molar-refractivity contribution < 1.29 is 4.98 Å². The summed E-state index contributed by atoms with van der Waals surface area (Å²) in [5, 5.41) is 6.32. The summed E-state index contributed by atoms with van der Waals surface area (Å²) in [6.45, 7) is 0. The number of benzene rings is 7. The molecule has 1 N–H and O–H groups in total. The third-order valence-electron chi connectivity index (χ3n) is 10.3. The maximum atomic E-state index is 3.83. The van der Waals surface area contributed by atoms with Crippen LogP contribution < -0.4 is 4.98 Å². The van der Waals surface area contributed by atoms with Gasteiger partial charge >= 0.3 is 0 Å². The van der Waals surface area contributed by atoms with E-state index in [0.717, 1.165) is 11.3 Å². The van der Waals surface area contributed by atoms with Crippen LogP contribution in [0.4, 0.5) is 0 Å². The summed E-state index contributed by atoms with van der Waals surface area (Å²) < 4.78 is 4.77. The van der Waals surface area contributed by atoms with Crippen molar-refractivity contribution in [2.45, 2.75) is 0 Å². The number of H-pyrrole nitrogens is 1. The van der Waals surface area contributed by atoms with Gasteiger partial charge in [0.1, 0.15) is 16.6 Å². The minimum Gasteiger partial charge on any atom is -0.309 e. The first kappa shape index (κ1) is 25.7. The topological polar surface area (TPSA) is 24.0 Å². The van der Waals surface area contributed by atoms with Crippen LogP contribution >= 0.6 is 0 Å². The molecule has 0 saturated carbocycles. The maximum Gasteiger partial charge on any atom is 0.285 e. The zero-order valence-electron chi connectivity index (χ0n) is 26.0. The number of nitrogens with one attached hydrogen (secondary N) is 1. The summed E-state index contributed by atoms with van der Waals surface area (Å²) in [5.74, 6) is 1.07. The first-order valence-corrected chi connectivity index (χ1v) is 16.5.